The number of H-pyrrole nitrogens is 1. The van der Waals surface area contributed by atoms with Crippen LogP contribution >= 0.6 is 0 Å². The van der Waals surface area contributed by atoms with Crippen LogP contribution < -0.4 is 9.62 Å². The number of nitrogens with one attached hydrogen (secondary N) is 2. The normalized spacial score (nSPS) is 16.5. The Morgan fingerprint density at radius 3 is 2.71 bits per heavy atom. The van der Waals surface area contributed by atoms with Crippen molar-refractivity contribution in [2.24, 2.45) is 0 Å². The monoisotopic (exact) mass is 428 g/mol. The van der Waals surface area contributed by atoms with Crippen LogP contribution in [0.15, 0.2) is 35.5 Å². The Kier molecular flexibility index (Phi) is 5.61. The molecule has 0 bridgehead atoms. The fraction of sp³-hybridized carbons (Fsp3) is 0.375. The first kappa shape index (κ1) is 20.1. The maximum absolute atomic E-state index is 12.7. The number of aromatic amines is 1. The summed E-state index contributed by atoms with van der Waals surface area (Å²) in [6.45, 7) is 2.39. The maximum Gasteiger partial charge on any atom is 0.342 e. The molecular weight excluding hydrogens is 408 g/mol. The lowest BCUT2D eigenvalue weighted by Gasteiger charge is -2.29. The van der Waals surface area contributed by atoms with Crippen molar-refractivity contribution in [1.29, 1.82) is 0 Å². The van der Waals surface area contributed by atoms with Crippen molar-refractivity contribution < 1.29 is 26.4 Å². The molecule has 12 heteroatoms. The number of sulfone groups is 1. The van der Waals surface area contributed by atoms with Crippen molar-refractivity contribution in [3.8, 4) is 0 Å². The zero-order chi connectivity index (χ0) is 20.4. The molecule has 2 aromatic rings. The molecule has 10 nitrogen and oxygen atoms in total. The highest BCUT2D eigenvalue weighted by Gasteiger charge is 2.27. The molecular formula is C16H20N4O6S2. The molecule has 1 aliphatic heterocycles. The summed E-state index contributed by atoms with van der Waals surface area (Å²) in [6, 6.07) is 6.60. The van der Waals surface area contributed by atoms with Gasteiger partial charge in [-0.15, -0.1) is 0 Å². The first-order chi connectivity index (χ1) is 13.2. The zero-order valence-electron chi connectivity index (χ0n) is 15.1. The van der Waals surface area contributed by atoms with Gasteiger partial charge in [0.05, 0.1) is 30.0 Å². The van der Waals surface area contributed by atoms with Crippen molar-refractivity contribution in [3.05, 3.63) is 36.0 Å². The van der Waals surface area contributed by atoms with E-state index in [9.17, 15) is 21.6 Å². The van der Waals surface area contributed by atoms with E-state index in [0.29, 0.717) is 18.8 Å². The Bertz CT molecular complexity index is 1060. The molecule has 152 valence electrons. The van der Waals surface area contributed by atoms with Gasteiger partial charge >= 0.3 is 5.97 Å². The number of aromatic nitrogens is 2. The molecule has 1 aromatic carbocycles. The predicted octanol–water partition coefficient (Wildman–Crippen LogP) is 0.622. The van der Waals surface area contributed by atoms with Crippen molar-refractivity contribution in [3.63, 3.8) is 0 Å². The van der Waals surface area contributed by atoms with Gasteiger partial charge < -0.3 is 9.64 Å². The third kappa shape index (κ3) is 4.44. The van der Waals surface area contributed by atoms with E-state index >= 15 is 0 Å². The summed E-state index contributed by atoms with van der Waals surface area (Å²) in [7, 11) is -7.13. The van der Waals surface area contributed by atoms with Gasteiger partial charge in [0.15, 0.2) is 14.9 Å². The average molecular weight is 428 g/mol. The first-order valence-electron chi connectivity index (χ1n) is 8.50. The Hall–Kier alpha value is -2.60. The van der Waals surface area contributed by atoms with E-state index in [1.807, 2.05) is 4.90 Å². The molecule has 0 unspecified atom stereocenters. The van der Waals surface area contributed by atoms with Crippen LogP contribution in [0.25, 0.3) is 0 Å². The van der Waals surface area contributed by atoms with Crippen LogP contribution in [0, 0.1) is 0 Å². The van der Waals surface area contributed by atoms with Gasteiger partial charge in [0, 0.05) is 18.8 Å². The summed E-state index contributed by atoms with van der Waals surface area (Å²) >= 11 is 0. The molecule has 0 aliphatic carbocycles. The summed E-state index contributed by atoms with van der Waals surface area (Å²) in [4.78, 5) is 13.8. The van der Waals surface area contributed by atoms with E-state index in [-0.39, 0.29) is 34.4 Å². The number of sulfonamides is 1. The van der Waals surface area contributed by atoms with E-state index in [4.69, 9.17) is 4.74 Å². The molecule has 0 radical (unpaired) electrons. The highest BCUT2D eigenvalue weighted by atomic mass is 32.2. The summed E-state index contributed by atoms with van der Waals surface area (Å²) in [5, 5.41) is 5.55. The van der Waals surface area contributed by atoms with Crippen LogP contribution in [0.2, 0.25) is 0 Å². The number of carbonyl (C=O) groups excluding carboxylic acids is 1. The molecule has 2 N–H and O–H groups in total. The third-order valence-corrected chi connectivity index (χ3v) is 7.14. The van der Waals surface area contributed by atoms with Gasteiger partial charge in [0.1, 0.15) is 5.56 Å². The molecule has 0 saturated carbocycles. The van der Waals surface area contributed by atoms with Crippen molar-refractivity contribution >= 4 is 37.2 Å². The quantitative estimate of drug-likeness (QED) is 0.639. The van der Waals surface area contributed by atoms with Gasteiger partial charge in [-0.2, -0.15) is 13.5 Å². The van der Waals surface area contributed by atoms with E-state index in [1.165, 1.54) is 0 Å². The number of esters is 1. The molecule has 0 spiro atoms. The van der Waals surface area contributed by atoms with Crippen molar-refractivity contribution in [2.45, 2.75) is 11.9 Å². The molecule has 1 fully saturated rings. The van der Waals surface area contributed by atoms with E-state index in [1.54, 1.807) is 31.2 Å². The standard InChI is InChI=1S/C16H20N4O6S2/c1-2-26-16(21)14-11-17-18-15(14)28(24,25)19-12-4-3-5-13(10-12)20-6-8-27(22,23)9-7-20/h3-5,10-11,19H,2,6-9H2,1H3,(H,17,18). The van der Waals surface area contributed by atoms with Gasteiger partial charge in [-0.3, -0.25) is 9.82 Å². The zero-order valence-corrected chi connectivity index (χ0v) is 16.7. The first-order valence-corrected chi connectivity index (χ1v) is 11.8. The number of nitrogens with zero attached hydrogens (tertiary/aromatic N) is 2. The smallest absolute Gasteiger partial charge is 0.342 e. The van der Waals surface area contributed by atoms with Crippen LogP contribution in [0.5, 0.6) is 0 Å². The van der Waals surface area contributed by atoms with Gasteiger partial charge in [0.25, 0.3) is 10.0 Å². The lowest BCUT2D eigenvalue weighted by Crippen LogP contribution is -2.40. The summed E-state index contributed by atoms with van der Waals surface area (Å²) in [6.07, 6.45) is 1.09. The highest BCUT2D eigenvalue weighted by Crippen LogP contribution is 2.24. The number of carbonyl (C=O) groups is 1. The van der Waals surface area contributed by atoms with Crippen molar-refractivity contribution in [1.82, 2.24) is 10.2 Å². The van der Waals surface area contributed by atoms with Gasteiger partial charge in [-0.1, -0.05) is 6.07 Å². The minimum absolute atomic E-state index is 0.0556. The van der Waals surface area contributed by atoms with Crippen molar-refractivity contribution in [2.75, 3.05) is 40.8 Å². The maximum atomic E-state index is 12.7. The Morgan fingerprint density at radius 1 is 1.32 bits per heavy atom. The Labute approximate surface area is 162 Å². The topological polar surface area (TPSA) is 139 Å². The van der Waals surface area contributed by atoms with Crippen LogP contribution in [-0.2, 0) is 24.6 Å². The van der Waals surface area contributed by atoms with E-state index in [0.717, 1.165) is 6.20 Å². The fourth-order valence-corrected chi connectivity index (χ4v) is 5.12. The number of hydrogen-bond acceptors (Lipinski definition) is 8. The average Bonchev–Trinajstić information content (AvgIpc) is 3.13. The lowest BCUT2D eigenvalue weighted by atomic mass is 10.2. The summed E-state index contributed by atoms with van der Waals surface area (Å²) < 4.78 is 55.8. The molecule has 1 saturated heterocycles. The van der Waals surface area contributed by atoms with Crippen LogP contribution in [0.4, 0.5) is 11.4 Å². The molecule has 1 aliphatic rings. The summed E-state index contributed by atoms with van der Waals surface area (Å²) in [5.74, 6) is -0.681. The fourth-order valence-electron chi connectivity index (χ4n) is 2.78. The number of hydrogen-bond donors (Lipinski definition) is 2. The van der Waals surface area contributed by atoms with Crippen LogP contribution in [0.3, 0.4) is 0 Å². The second kappa shape index (κ2) is 7.80. The second-order valence-corrected chi connectivity index (χ2v) is 10.1. The van der Waals surface area contributed by atoms with Gasteiger partial charge in [0.2, 0.25) is 0 Å². The highest BCUT2D eigenvalue weighted by molar-refractivity contribution is 7.92. The molecule has 3 rings (SSSR count). The number of anilines is 2. The van der Waals surface area contributed by atoms with Crippen LogP contribution in [-0.4, -0.2) is 64.2 Å². The SMILES string of the molecule is CCOC(=O)c1cn[nH]c1S(=O)(=O)Nc1cccc(N2CCS(=O)(=O)CC2)c1. The Balaban J connectivity index is 1.81. The molecule has 28 heavy (non-hydrogen) atoms. The minimum atomic E-state index is -4.11. The lowest BCUT2D eigenvalue weighted by molar-refractivity contribution is 0.0522. The van der Waals surface area contributed by atoms with E-state index in [2.05, 4.69) is 14.9 Å². The molecule has 0 atom stereocenters. The number of rotatable bonds is 6. The van der Waals surface area contributed by atoms with Crippen LogP contribution in [0.1, 0.15) is 17.3 Å². The number of benzene rings is 1. The third-order valence-electron chi connectivity index (χ3n) is 4.18. The predicted molar refractivity (Wildman–Crippen MR) is 103 cm³/mol. The van der Waals surface area contributed by atoms with E-state index < -0.39 is 25.8 Å². The second-order valence-electron chi connectivity index (χ2n) is 6.13. The largest absolute Gasteiger partial charge is 0.462 e. The summed E-state index contributed by atoms with van der Waals surface area (Å²) in [5.41, 5.74) is 0.785. The molecule has 0 amide bonds. The molecule has 1 aromatic heterocycles. The molecule has 2 heterocycles. The van der Waals surface area contributed by atoms with Gasteiger partial charge in [-0.05, 0) is 25.1 Å². The number of ether oxygens (including phenoxy) is 1. The Morgan fingerprint density at radius 2 is 2.04 bits per heavy atom. The van der Waals surface area contributed by atoms with Gasteiger partial charge in [-0.25, -0.2) is 13.2 Å². The minimum Gasteiger partial charge on any atom is -0.462 e.